The first-order chi connectivity index (χ1) is 28.5. The third-order valence-corrected chi connectivity index (χ3v) is 9.60. The number of aromatic hydroxyl groups is 2. The monoisotopic (exact) mass is 860 g/mol. The average molecular weight is 862 g/mol. The standard InChI is InChI=1S/2C25H25NO2.2ClH.Ti/c2*1-4-17-28-23-16-9-8-15-22(23)26-18-19-11-10-14-21(24(19)27)25(2,3)20-12-6-5-7-13-20;;;/h2*4-16,18,27H,1,17H2,2-3H3;2*1H;/q;;;;+2/p-2. The van der Waals surface area contributed by atoms with Crippen molar-refractivity contribution in [3.63, 3.8) is 0 Å². The number of hydrogen-bond acceptors (Lipinski definition) is 6. The van der Waals surface area contributed by atoms with E-state index in [1.165, 1.54) is 0 Å². The van der Waals surface area contributed by atoms with E-state index >= 15 is 0 Å². The van der Waals surface area contributed by atoms with Crippen molar-refractivity contribution in [1.29, 1.82) is 0 Å². The van der Waals surface area contributed by atoms with Gasteiger partial charge < -0.3 is 19.7 Å². The van der Waals surface area contributed by atoms with Crippen molar-refractivity contribution < 1.29 is 36.7 Å². The first-order valence-corrected chi connectivity index (χ1v) is 23.2. The summed E-state index contributed by atoms with van der Waals surface area (Å²) < 4.78 is 11.3. The molecule has 0 radical (unpaired) electrons. The van der Waals surface area contributed by atoms with Crippen LogP contribution < -0.4 is 9.47 Å². The second-order valence-corrected chi connectivity index (χ2v) is 16.8. The van der Waals surface area contributed by atoms with Crippen LogP contribution in [0.1, 0.15) is 61.1 Å². The molecule has 2 N–H and O–H groups in total. The summed E-state index contributed by atoms with van der Waals surface area (Å²) in [4.78, 5) is 9.08. The molecule has 6 rings (SSSR count). The van der Waals surface area contributed by atoms with E-state index < -0.39 is 17.0 Å². The second-order valence-electron chi connectivity index (χ2n) is 14.2. The Kier molecular flexibility index (Phi) is 18.3. The average Bonchev–Trinajstić information content (AvgIpc) is 3.25. The summed E-state index contributed by atoms with van der Waals surface area (Å²) in [7, 11) is 9.78. The molecule has 0 aliphatic heterocycles. The summed E-state index contributed by atoms with van der Waals surface area (Å²) in [6, 6.07) is 47.0. The Balaban J connectivity index is 0.000000244. The minimum absolute atomic E-state index is 0.240. The van der Waals surface area contributed by atoms with Crippen LogP contribution in [0.15, 0.2) is 181 Å². The molecule has 0 bridgehead atoms. The Labute approximate surface area is 365 Å². The van der Waals surface area contributed by atoms with Gasteiger partial charge in [-0.1, -0.05) is 162 Å². The van der Waals surface area contributed by atoms with E-state index in [0.717, 1.165) is 22.3 Å². The summed E-state index contributed by atoms with van der Waals surface area (Å²) in [5, 5.41) is 21.9. The van der Waals surface area contributed by atoms with Crippen molar-refractivity contribution in [2.45, 2.75) is 38.5 Å². The van der Waals surface area contributed by atoms with Gasteiger partial charge in [0.15, 0.2) is 0 Å². The van der Waals surface area contributed by atoms with Crippen LogP contribution in [-0.2, 0) is 27.9 Å². The molecule has 0 unspecified atom stereocenters. The summed E-state index contributed by atoms with van der Waals surface area (Å²) in [6.45, 7) is 16.6. The Morgan fingerprint density at radius 1 is 0.525 bits per heavy atom. The molecule has 59 heavy (non-hydrogen) atoms. The number of benzene rings is 6. The van der Waals surface area contributed by atoms with E-state index in [1.54, 1.807) is 24.6 Å². The Morgan fingerprint density at radius 3 is 1.22 bits per heavy atom. The molecule has 6 nitrogen and oxygen atoms in total. The molecular weight excluding hydrogens is 811 g/mol. The SMILES string of the molecule is C=CCOc1ccccc1N=Cc1cccc(C(C)(C)c2ccccc2)c1O.C=CCOc1ccccc1N=Cc1cccc(C(C)(C)c2ccccc2)c1O.[Cl][Ti][Cl]. The number of para-hydroxylation sites is 6. The molecule has 0 aliphatic carbocycles. The predicted molar refractivity (Wildman–Crippen MR) is 244 cm³/mol. The van der Waals surface area contributed by atoms with Gasteiger partial charge in [0.2, 0.25) is 0 Å². The molecule has 9 heteroatoms. The number of nitrogens with zero attached hydrogens (tertiary/aromatic N) is 2. The molecule has 0 atom stereocenters. The van der Waals surface area contributed by atoms with Crippen LogP contribution in [0.5, 0.6) is 23.0 Å². The molecule has 302 valence electrons. The van der Waals surface area contributed by atoms with Gasteiger partial charge in [0.25, 0.3) is 0 Å². The third-order valence-electron chi connectivity index (χ3n) is 9.60. The van der Waals surface area contributed by atoms with E-state index in [-0.39, 0.29) is 22.3 Å². The number of rotatable bonds is 14. The van der Waals surface area contributed by atoms with Crippen LogP contribution in [0, 0.1) is 0 Å². The summed E-state index contributed by atoms with van der Waals surface area (Å²) >= 11 is -0.556. The predicted octanol–water partition coefficient (Wildman–Crippen LogP) is 13.4. The Hall–Kier alpha value is -5.37. The van der Waals surface area contributed by atoms with Gasteiger partial charge in [0, 0.05) is 45.5 Å². The van der Waals surface area contributed by atoms with Gasteiger partial charge in [0.05, 0.1) is 0 Å². The number of phenols is 2. The minimum atomic E-state index is -0.556. The molecule has 0 aliphatic rings. The van der Waals surface area contributed by atoms with Crippen LogP contribution in [-0.4, -0.2) is 35.9 Å². The number of hydrogen-bond donors (Lipinski definition) is 2. The van der Waals surface area contributed by atoms with Crippen LogP contribution >= 0.6 is 18.6 Å². The third kappa shape index (κ3) is 12.8. The molecule has 0 saturated carbocycles. The van der Waals surface area contributed by atoms with Gasteiger partial charge in [-0.25, -0.2) is 0 Å². The van der Waals surface area contributed by atoms with Gasteiger partial charge in [-0.2, -0.15) is 0 Å². The van der Waals surface area contributed by atoms with Crippen molar-refractivity contribution in [3.05, 3.63) is 204 Å². The quantitative estimate of drug-likeness (QED) is 0.0649. The van der Waals surface area contributed by atoms with E-state index in [2.05, 4.69) is 75.1 Å². The van der Waals surface area contributed by atoms with E-state index in [4.69, 9.17) is 28.1 Å². The molecule has 0 spiro atoms. The maximum absolute atomic E-state index is 10.9. The Bertz CT molecular complexity index is 2150. The normalized spacial score (nSPS) is 11.2. The number of phenolic OH excluding ortho intramolecular Hbond substituents is 2. The summed E-state index contributed by atoms with van der Waals surface area (Å²) in [5.74, 6) is 1.84. The maximum atomic E-state index is 10.9. The van der Waals surface area contributed by atoms with E-state index in [0.29, 0.717) is 47.2 Å². The molecule has 0 fully saturated rings. The van der Waals surface area contributed by atoms with Gasteiger partial charge in [-0.3, -0.25) is 9.98 Å². The van der Waals surface area contributed by atoms with Crippen molar-refractivity contribution in [1.82, 2.24) is 0 Å². The molecule has 6 aromatic rings. The zero-order chi connectivity index (χ0) is 42.7. The fourth-order valence-corrected chi connectivity index (χ4v) is 6.31. The number of ether oxygens (including phenoxy) is 2. The van der Waals surface area contributed by atoms with E-state index in [1.807, 2.05) is 121 Å². The van der Waals surface area contributed by atoms with Crippen LogP contribution in [0.25, 0.3) is 0 Å². The zero-order valence-electron chi connectivity index (χ0n) is 33.9. The van der Waals surface area contributed by atoms with Gasteiger partial charge in [-0.15, -0.1) is 0 Å². The van der Waals surface area contributed by atoms with Gasteiger partial charge in [-0.05, 0) is 47.5 Å². The first-order valence-electron chi connectivity index (χ1n) is 18.9. The summed E-state index contributed by atoms with van der Waals surface area (Å²) in [6.07, 6.45) is 6.74. The molecular formula is C50H50Cl2N2O4Ti. The van der Waals surface area contributed by atoms with Gasteiger partial charge >= 0.3 is 35.6 Å². The Morgan fingerprint density at radius 2 is 0.864 bits per heavy atom. The molecule has 0 amide bonds. The van der Waals surface area contributed by atoms with Crippen molar-refractivity contribution >= 4 is 42.4 Å². The van der Waals surface area contributed by atoms with Crippen LogP contribution in [0.3, 0.4) is 0 Å². The first kappa shape index (κ1) is 46.3. The van der Waals surface area contributed by atoms with Crippen LogP contribution in [0.2, 0.25) is 0 Å². The number of halogens is 2. The fourth-order valence-electron chi connectivity index (χ4n) is 6.31. The topological polar surface area (TPSA) is 83.6 Å². The zero-order valence-corrected chi connectivity index (χ0v) is 36.9. The van der Waals surface area contributed by atoms with Crippen molar-refractivity contribution in [2.75, 3.05) is 13.2 Å². The molecule has 6 aromatic carbocycles. The van der Waals surface area contributed by atoms with E-state index in [9.17, 15) is 10.2 Å². The van der Waals surface area contributed by atoms with Crippen molar-refractivity contribution in [3.8, 4) is 23.0 Å². The number of aliphatic imine (C=N–C) groups is 2. The molecule has 0 heterocycles. The fraction of sp³-hybridized carbons (Fsp3) is 0.160. The molecule has 0 aromatic heterocycles. The van der Waals surface area contributed by atoms with Crippen molar-refractivity contribution in [2.24, 2.45) is 9.98 Å². The summed E-state index contributed by atoms with van der Waals surface area (Å²) in [5.41, 5.74) is 6.08. The van der Waals surface area contributed by atoms with Crippen LogP contribution in [0.4, 0.5) is 11.4 Å². The molecule has 0 saturated heterocycles. The van der Waals surface area contributed by atoms with Gasteiger partial charge in [0.1, 0.15) is 47.6 Å². The second kappa shape index (κ2) is 23.3.